The average molecular weight is 115 g/mol. The van der Waals surface area contributed by atoms with Gasteiger partial charge in [-0.25, -0.2) is 0 Å². The fourth-order valence-corrected chi connectivity index (χ4v) is 0.306. The first-order chi connectivity index (χ1) is 3.48. The first-order valence-corrected chi connectivity index (χ1v) is 2.86. The molecule has 0 aromatic carbocycles. The van der Waals surface area contributed by atoms with Gasteiger partial charge in [0.15, 0.2) is 0 Å². The van der Waals surface area contributed by atoms with E-state index in [0.29, 0.717) is 0 Å². The maximum Gasteiger partial charge on any atom is 0.0989 e. The largest absolute Gasteiger partial charge is 0.375 e. The fraction of sp³-hybridized carbons (Fsp3) is 0.857. The molecule has 0 atom stereocenters. The van der Waals surface area contributed by atoms with E-state index in [9.17, 15) is 0 Å². The van der Waals surface area contributed by atoms with Gasteiger partial charge >= 0.3 is 0 Å². The second-order valence-electron chi connectivity index (χ2n) is 3.01. The average Bonchev–Trinajstić information content (AvgIpc) is 1.62. The van der Waals surface area contributed by atoms with E-state index in [1.807, 2.05) is 6.92 Å². The summed E-state index contributed by atoms with van der Waals surface area (Å²) < 4.78 is 5.03. The maximum atomic E-state index is 5.03. The molecule has 1 heteroatoms. The monoisotopic (exact) mass is 115 g/mol. The molecule has 0 aliphatic heterocycles. The maximum absolute atomic E-state index is 5.03. The predicted molar refractivity (Wildman–Crippen MR) is 35.4 cm³/mol. The smallest absolute Gasteiger partial charge is 0.0989 e. The Bertz CT molecular complexity index is 61.3. The minimum absolute atomic E-state index is 0.203. The summed E-state index contributed by atoms with van der Waals surface area (Å²) in [7, 11) is 1.71. The molecular formula is C7H15O. The highest BCUT2D eigenvalue weighted by Crippen LogP contribution is 2.26. The zero-order valence-electron chi connectivity index (χ0n) is 6.41. The molecule has 1 nitrogen and oxygen atoms in total. The van der Waals surface area contributed by atoms with Crippen molar-refractivity contribution in [3.8, 4) is 0 Å². The van der Waals surface area contributed by atoms with Gasteiger partial charge in [0.05, 0.1) is 6.10 Å². The molecule has 0 unspecified atom stereocenters. The van der Waals surface area contributed by atoms with Crippen LogP contribution in [0.4, 0.5) is 0 Å². The predicted octanol–water partition coefficient (Wildman–Crippen LogP) is 2.23. The summed E-state index contributed by atoms with van der Waals surface area (Å²) in [6.45, 7) is 8.39. The van der Waals surface area contributed by atoms with Crippen LogP contribution in [0, 0.1) is 11.5 Å². The van der Waals surface area contributed by atoms with Gasteiger partial charge in [0.25, 0.3) is 0 Å². The lowest BCUT2D eigenvalue weighted by molar-refractivity contribution is 0.128. The van der Waals surface area contributed by atoms with Gasteiger partial charge in [-0.2, -0.15) is 0 Å². The molecule has 0 heterocycles. The lowest BCUT2D eigenvalue weighted by Crippen LogP contribution is -2.16. The van der Waals surface area contributed by atoms with Crippen molar-refractivity contribution in [2.45, 2.75) is 27.7 Å². The normalized spacial score (nSPS) is 12.8. The van der Waals surface area contributed by atoms with Gasteiger partial charge in [0, 0.05) is 7.11 Å². The summed E-state index contributed by atoms with van der Waals surface area (Å²) >= 11 is 0. The number of methoxy groups -OCH3 is 1. The van der Waals surface area contributed by atoms with Gasteiger partial charge < -0.3 is 4.74 Å². The molecular weight excluding hydrogens is 100 g/mol. The van der Waals surface area contributed by atoms with E-state index < -0.39 is 0 Å². The number of ether oxygens (including phenoxy) is 1. The van der Waals surface area contributed by atoms with Crippen LogP contribution in [0.2, 0.25) is 0 Å². The van der Waals surface area contributed by atoms with E-state index in [4.69, 9.17) is 4.74 Å². The van der Waals surface area contributed by atoms with Gasteiger partial charge in [0.1, 0.15) is 0 Å². The second kappa shape index (κ2) is 2.49. The lowest BCUT2D eigenvalue weighted by Gasteiger charge is -2.23. The Morgan fingerprint density at radius 2 is 1.62 bits per heavy atom. The minimum atomic E-state index is 0.203. The zero-order valence-corrected chi connectivity index (χ0v) is 6.41. The van der Waals surface area contributed by atoms with E-state index in [-0.39, 0.29) is 5.41 Å². The molecule has 1 radical (unpaired) electrons. The topological polar surface area (TPSA) is 9.23 Å². The highest BCUT2D eigenvalue weighted by Gasteiger charge is 2.19. The molecule has 0 aromatic heterocycles. The van der Waals surface area contributed by atoms with Crippen LogP contribution in [-0.4, -0.2) is 7.11 Å². The van der Waals surface area contributed by atoms with Crippen molar-refractivity contribution in [1.29, 1.82) is 0 Å². The molecule has 8 heavy (non-hydrogen) atoms. The van der Waals surface area contributed by atoms with Crippen LogP contribution in [-0.2, 0) is 4.74 Å². The molecule has 0 aliphatic rings. The van der Waals surface area contributed by atoms with Gasteiger partial charge in [-0.1, -0.05) is 20.8 Å². The lowest BCUT2D eigenvalue weighted by atomic mass is 9.90. The Balaban J connectivity index is 3.62. The third-order valence-corrected chi connectivity index (χ3v) is 1.36. The highest BCUT2D eigenvalue weighted by atomic mass is 16.5. The Labute approximate surface area is 52.0 Å². The fourth-order valence-electron chi connectivity index (χ4n) is 0.306. The van der Waals surface area contributed by atoms with Crippen molar-refractivity contribution < 1.29 is 4.74 Å². The van der Waals surface area contributed by atoms with E-state index in [1.54, 1.807) is 7.11 Å². The van der Waals surface area contributed by atoms with E-state index in [1.165, 1.54) is 0 Å². The molecule has 0 saturated carbocycles. The zero-order chi connectivity index (χ0) is 6.78. The first-order valence-electron chi connectivity index (χ1n) is 2.86. The molecule has 0 aliphatic carbocycles. The van der Waals surface area contributed by atoms with E-state index in [2.05, 4.69) is 20.8 Å². The van der Waals surface area contributed by atoms with Crippen LogP contribution in [0.5, 0.6) is 0 Å². The third-order valence-electron chi connectivity index (χ3n) is 1.36. The molecule has 0 spiro atoms. The summed E-state index contributed by atoms with van der Waals surface area (Å²) in [5, 5.41) is 0. The Hall–Kier alpha value is -0.0400. The summed E-state index contributed by atoms with van der Waals surface area (Å²) in [4.78, 5) is 0. The summed E-state index contributed by atoms with van der Waals surface area (Å²) in [5.41, 5.74) is 0.203. The second-order valence-corrected chi connectivity index (χ2v) is 3.01. The summed E-state index contributed by atoms with van der Waals surface area (Å²) in [6, 6.07) is 0. The SMILES string of the molecule is CO[C](C)C(C)(C)C. The van der Waals surface area contributed by atoms with Crippen molar-refractivity contribution in [2.24, 2.45) is 5.41 Å². The van der Waals surface area contributed by atoms with Crippen molar-refractivity contribution in [1.82, 2.24) is 0 Å². The van der Waals surface area contributed by atoms with Crippen molar-refractivity contribution >= 4 is 0 Å². The molecule has 0 amide bonds. The van der Waals surface area contributed by atoms with Crippen LogP contribution in [0.25, 0.3) is 0 Å². The molecule has 49 valence electrons. The van der Waals surface area contributed by atoms with E-state index >= 15 is 0 Å². The van der Waals surface area contributed by atoms with Crippen LogP contribution >= 0.6 is 0 Å². The summed E-state index contributed by atoms with van der Waals surface area (Å²) in [5.74, 6) is 0. The Morgan fingerprint density at radius 1 is 1.25 bits per heavy atom. The van der Waals surface area contributed by atoms with Crippen LogP contribution in [0.1, 0.15) is 27.7 Å². The van der Waals surface area contributed by atoms with Gasteiger partial charge in [0.2, 0.25) is 0 Å². The van der Waals surface area contributed by atoms with Crippen LogP contribution in [0.15, 0.2) is 0 Å². The molecule has 0 aromatic rings. The Kier molecular flexibility index (Phi) is 2.48. The number of rotatable bonds is 1. The Morgan fingerprint density at radius 3 is 1.62 bits per heavy atom. The molecule has 0 N–H and O–H groups in total. The molecule has 0 bridgehead atoms. The number of hydrogen-bond acceptors (Lipinski definition) is 1. The van der Waals surface area contributed by atoms with Crippen LogP contribution < -0.4 is 0 Å². The van der Waals surface area contributed by atoms with Crippen molar-refractivity contribution in [2.75, 3.05) is 7.11 Å². The highest BCUT2D eigenvalue weighted by molar-refractivity contribution is 4.85. The van der Waals surface area contributed by atoms with Gasteiger partial charge in [-0.15, -0.1) is 0 Å². The van der Waals surface area contributed by atoms with Gasteiger partial charge in [-0.05, 0) is 12.3 Å². The summed E-state index contributed by atoms with van der Waals surface area (Å²) in [6.07, 6.45) is 1.08. The molecule has 0 fully saturated rings. The van der Waals surface area contributed by atoms with E-state index in [0.717, 1.165) is 6.10 Å². The van der Waals surface area contributed by atoms with Gasteiger partial charge in [-0.3, -0.25) is 0 Å². The standard InChI is InChI=1S/C7H15O/c1-6(8-5)7(2,3)4/h1-5H3. The first kappa shape index (κ1) is 7.96. The minimum Gasteiger partial charge on any atom is -0.375 e. The third kappa shape index (κ3) is 2.31. The molecule has 0 rings (SSSR count). The van der Waals surface area contributed by atoms with Crippen molar-refractivity contribution in [3.05, 3.63) is 6.10 Å². The molecule has 0 saturated heterocycles. The quantitative estimate of drug-likeness (QED) is 0.509. The van der Waals surface area contributed by atoms with Crippen molar-refractivity contribution in [3.63, 3.8) is 0 Å². The van der Waals surface area contributed by atoms with Crippen LogP contribution in [0.3, 0.4) is 0 Å². The number of hydrogen-bond donors (Lipinski definition) is 0.